The van der Waals surface area contributed by atoms with Crippen LogP contribution in [-0.2, 0) is 16.0 Å². The van der Waals surface area contributed by atoms with Gasteiger partial charge in [-0.05, 0) is 50.2 Å². The Bertz CT molecular complexity index is 742. The first-order valence-corrected chi connectivity index (χ1v) is 8.62. The van der Waals surface area contributed by atoms with Gasteiger partial charge < -0.3 is 15.4 Å². The highest BCUT2D eigenvalue weighted by Crippen LogP contribution is 2.29. The zero-order valence-electron chi connectivity index (χ0n) is 14.0. The Morgan fingerprint density at radius 1 is 1.21 bits per heavy atom. The van der Waals surface area contributed by atoms with E-state index in [0.717, 1.165) is 11.9 Å². The third-order valence-electron chi connectivity index (χ3n) is 5.15. The van der Waals surface area contributed by atoms with E-state index >= 15 is 0 Å². The molecule has 0 radical (unpaired) electrons. The van der Waals surface area contributed by atoms with Crippen molar-refractivity contribution in [3.05, 3.63) is 35.5 Å². The van der Waals surface area contributed by atoms with Crippen molar-refractivity contribution in [2.75, 3.05) is 6.54 Å². The van der Waals surface area contributed by atoms with Crippen molar-refractivity contribution in [2.45, 2.75) is 39.0 Å². The van der Waals surface area contributed by atoms with E-state index in [1.807, 2.05) is 6.20 Å². The van der Waals surface area contributed by atoms with Crippen molar-refractivity contribution in [1.29, 1.82) is 0 Å². The van der Waals surface area contributed by atoms with Crippen LogP contribution in [0, 0.1) is 18.8 Å². The number of hydrogen-bond acceptors (Lipinski definition) is 2. The largest absolute Gasteiger partial charge is 0.481 e. The number of carbonyl (C=O) groups excluding carboxylic acids is 1. The third-order valence-corrected chi connectivity index (χ3v) is 5.15. The summed E-state index contributed by atoms with van der Waals surface area (Å²) in [4.78, 5) is 26.5. The lowest BCUT2D eigenvalue weighted by atomic mass is 9.81. The summed E-state index contributed by atoms with van der Waals surface area (Å²) in [5, 5.41) is 13.2. The van der Waals surface area contributed by atoms with Gasteiger partial charge in [0.1, 0.15) is 0 Å². The Labute approximate surface area is 141 Å². The maximum Gasteiger partial charge on any atom is 0.306 e. The Morgan fingerprint density at radius 3 is 2.62 bits per heavy atom. The average molecular weight is 328 g/mol. The van der Waals surface area contributed by atoms with Gasteiger partial charge in [0, 0.05) is 29.6 Å². The van der Waals surface area contributed by atoms with E-state index in [2.05, 4.69) is 35.4 Å². The molecule has 0 bridgehead atoms. The van der Waals surface area contributed by atoms with Crippen molar-refractivity contribution < 1.29 is 14.7 Å². The van der Waals surface area contributed by atoms with Gasteiger partial charge in [-0.15, -0.1) is 0 Å². The monoisotopic (exact) mass is 328 g/mol. The highest BCUT2D eigenvalue weighted by atomic mass is 16.4. The number of fused-ring (bicyclic) bond motifs is 1. The summed E-state index contributed by atoms with van der Waals surface area (Å²) in [5.41, 5.74) is 3.59. The number of rotatable bonds is 5. The van der Waals surface area contributed by atoms with E-state index < -0.39 is 5.97 Å². The van der Waals surface area contributed by atoms with E-state index in [0.29, 0.717) is 32.2 Å². The first kappa shape index (κ1) is 16.6. The highest BCUT2D eigenvalue weighted by molar-refractivity contribution is 5.86. The third kappa shape index (κ3) is 3.45. The van der Waals surface area contributed by atoms with Crippen LogP contribution < -0.4 is 5.32 Å². The standard InChI is InChI=1S/C19H24N2O3/c1-12-3-2-4-16-15(11-21-17(12)16)9-10-20-18(22)13-5-7-14(8-6-13)19(23)24/h2-4,11,13-14,21H,5-10H2,1H3,(H,20,22)(H,23,24). The van der Waals surface area contributed by atoms with Crippen LogP contribution in [0.4, 0.5) is 0 Å². The molecule has 1 saturated carbocycles. The van der Waals surface area contributed by atoms with Gasteiger partial charge in [0.2, 0.25) is 5.91 Å². The SMILES string of the molecule is Cc1cccc2c(CCNC(=O)C3CCC(C(=O)O)CC3)c[nH]c12. The minimum atomic E-state index is -0.733. The predicted molar refractivity (Wildman–Crippen MR) is 92.8 cm³/mol. The maximum absolute atomic E-state index is 12.3. The average Bonchev–Trinajstić information content (AvgIpc) is 2.99. The number of aryl methyl sites for hydroxylation is 1. The first-order valence-electron chi connectivity index (χ1n) is 8.62. The van der Waals surface area contributed by atoms with Crippen molar-refractivity contribution in [1.82, 2.24) is 10.3 Å². The van der Waals surface area contributed by atoms with Gasteiger partial charge in [-0.25, -0.2) is 0 Å². The highest BCUT2D eigenvalue weighted by Gasteiger charge is 2.29. The molecule has 1 aromatic heterocycles. The minimum absolute atomic E-state index is 0.0363. The molecule has 0 unspecified atom stereocenters. The summed E-state index contributed by atoms with van der Waals surface area (Å²) in [6.45, 7) is 2.69. The van der Waals surface area contributed by atoms with Crippen LogP contribution >= 0.6 is 0 Å². The number of carbonyl (C=O) groups is 2. The van der Waals surface area contributed by atoms with E-state index in [4.69, 9.17) is 5.11 Å². The van der Waals surface area contributed by atoms with Crippen molar-refractivity contribution in [2.24, 2.45) is 11.8 Å². The minimum Gasteiger partial charge on any atom is -0.481 e. The zero-order chi connectivity index (χ0) is 17.1. The fourth-order valence-corrected chi connectivity index (χ4v) is 3.64. The number of nitrogens with one attached hydrogen (secondary N) is 2. The summed E-state index contributed by atoms with van der Waals surface area (Å²) in [7, 11) is 0. The number of carboxylic acids is 1. The molecule has 1 aliphatic carbocycles. The smallest absolute Gasteiger partial charge is 0.306 e. The second-order valence-electron chi connectivity index (χ2n) is 6.74. The van der Waals surface area contributed by atoms with Gasteiger partial charge in [0.05, 0.1) is 5.92 Å². The van der Waals surface area contributed by atoms with Crippen LogP contribution in [0.3, 0.4) is 0 Å². The van der Waals surface area contributed by atoms with Crippen LogP contribution in [0.2, 0.25) is 0 Å². The number of hydrogen-bond donors (Lipinski definition) is 3. The molecule has 0 saturated heterocycles. The van der Waals surface area contributed by atoms with Gasteiger partial charge >= 0.3 is 5.97 Å². The lowest BCUT2D eigenvalue weighted by molar-refractivity contribution is -0.144. The zero-order valence-corrected chi connectivity index (χ0v) is 14.0. The van der Waals surface area contributed by atoms with Crippen LogP contribution in [0.25, 0.3) is 10.9 Å². The molecule has 5 nitrogen and oxygen atoms in total. The Morgan fingerprint density at radius 2 is 1.92 bits per heavy atom. The topological polar surface area (TPSA) is 82.2 Å². The molecule has 128 valence electrons. The van der Waals surface area contributed by atoms with E-state index in [9.17, 15) is 9.59 Å². The van der Waals surface area contributed by atoms with E-state index in [1.165, 1.54) is 16.5 Å². The summed E-state index contributed by atoms with van der Waals surface area (Å²) in [6.07, 6.45) is 5.37. The number of carboxylic acid groups (broad SMARTS) is 1. The number of amides is 1. The number of aromatic nitrogens is 1. The van der Waals surface area contributed by atoms with Crippen molar-refractivity contribution in [3.8, 4) is 0 Å². The van der Waals surface area contributed by atoms with E-state index in [1.54, 1.807) is 0 Å². The van der Waals surface area contributed by atoms with Gasteiger partial charge in [-0.3, -0.25) is 9.59 Å². The molecule has 0 atom stereocenters. The van der Waals surface area contributed by atoms with Gasteiger partial charge in [-0.2, -0.15) is 0 Å². The lowest BCUT2D eigenvalue weighted by Gasteiger charge is -2.25. The van der Waals surface area contributed by atoms with Gasteiger partial charge in [-0.1, -0.05) is 18.2 Å². The molecule has 24 heavy (non-hydrogen) atoms. The molecule has 1 aromatic carbocycles. The fourth-order valence-electron chi connectivity index (χ4n) is 3.64. The van der Waals surface area contributed by atoms with E-state index in [-0.39, 0.29) is 17.7 Å². The molecular weight excluding hydrogens is 304 g/mol. The Hall–Kier alpha value is -2.30. The second kappa shape index (κ2) is 7.07. The summed E-state index contributed by atoms with van der Waals surface area (Å²) >= 11 is 0. The summed E-state index contributed by atoms with van der Waals surface area (Å²) in [6, 6.07) is 6.23. The number of H-pyrrole nitrogens is 1. The molecule has 1 aliphatic rings. The number of benzene rings is 1. The van der Waals surface area contributed by atoms with Crippen molar-refractivity contribution in [3.63, 3.8) is 0 Å². The molecule has 1 amide bonds. The van der Waals surface area contributed by atoms with Crippen LogP contribution in [0.1, 0.15) is 36.8 Å². The molecular formula is C19H24N2O3. The van der Waals surface area contributed by atoms with Crippen LogP contribution in [-0.4, -0.2) is 28.5 Å². The number of aromatic amines is 1. The van der Waals surface area contributed by atoms with Gasteiger partial charge in [0.25, 0.3) is 0 Å². The Balaban J connectivity index is 1.50. The first-order chi connectivity index (χ1) is 11.6. The van der Waals surface area contributed by atoms with Crippen LogP contribution in [0.15, 0.2) is 24.4 Å². The molecule has 5 heteroatoms. The summed E-state index contributed by atoms with van der Waals surface area (Å²) in [5.74, 6) is -0.979. The quantitative estimate of drug-likeness (QED) is 0.789. The van der Waals surface area contributed by atoms with Crippen molar-refractivity contribution >= 4 is 22.8 Å². The lowest BCUT2D eigenvalue weighted by Crippen LogP contribution is -2.35. The summed E-state index contributed by atoms with van der Waals surface area (Å²) < 4.78 is 0. The number of aliphatic carboxylic acids is 1. The van der Waals surface area contributed by atoms with Gasteiger partial charge in [0.15, 0.2) is 0 Å². The molecule has 2 aromatic rings. The van der Waals surface area contributed by atoms with Crippen LogP contribution in [0.5, 0.6) is 0 Å². The molecule has 1 fully saturated rings. The Kier molecular flexibility index (Phi) is 4.88. The maximum atomic E-state index is 12.3. The molecule has 3 rings (SSSR count). The molecule has 0 aliphatic heterocycles. The normalized spacial score (nSPS) is 20.9. The second-order valence-corrected chi connectivity index (χ2v) is 6.74. The number of para-hydroxylation sites is 1. The fraction of sp³-hybridized carbons (Fsp3) is 0.474. The molecule has 1 heterocycles. The molecule has 3 N–H and O–H groups in total. The predicted octanol–water partition coefficient (Wildman–Crippen LogP) is 3.03. The molecule has 0 spiro atoms.